The third-order valence-electron chi connectivity index (χ3n) is 0.387. The van der Waals surface area contributed by atoms with Crippen LogP contribution in [0.25, 0.3) is 0 Å². The zero-order chi connectivity index (χ0) is 4.99. The second-order valence-corrected chi connectivity index (χ2v) is 1.81. The van der Waals surface area contributed by atoms with Crippen molar-refractivity contribution in [3.63, 3.8) is 0 Å². The number of aliphatic hydroxyl groups is 1. The van der Waals surface area contributed by atoms with Gasteiger partial charge in [-0.1, -0.05) is 0 Å². The third kappa shape index (κ3) is 4.27. The van der Waals surface area contributed by atoms with E-state index in [2.05, 4.69) is 17.9 Å². The van der Waals surface area contributed by atoms with Crippen molar-refractivity contribution in [3.05, 3.63) is 0 Å². The minimum absolute atomic E-state index is 0.00463. The molecule has 0 radical (unpaired) electrons. The molecule has 0 aromatic heterocycles. The molecule has 3 heteroatoms. The lowest BCUT2D eigenvalue weighted by atomic mass is 10.7. The molecule has 1 unspecified atom stereocenters. The highest BCUT2D eigenvalue weighted by Crippen LogP contribution is 1.80. The summed E-state index contributed by atoms with van der Waals surface area (Å²) in [6.45, 7) is 1.85. The van der Waals surface area contributed by atoms with Crippen LogP contribution in [0.1, 0.15) is 6.92 Å². The molecule has 0 rings (SSSR count). The van der Waals surface area contributed by atoms with Crippen LogP contribution in [0.2, 0.25) is 0 Å². The summed E-state index contributed by atoms with van der Waals surface area (Å²) < 4.78 is 0. The van der Waals surface area contributed by atoms with Crippen LogP contribution in [-0.2, 0) is 0 Å². The lowest BCUT2D eigenvalue weighted by molar-refractivity contribution is 0.260. The van der Waals surface area contributed by atoms with E-state index in [1.807, 2.05) is 6.92 Å². The summed E-state index contributed by atoms with van der Waals surface area (Å²) in [4.78, 5) is 0. The van der Waals surface area contributed by atoms with Gasteiger partial charge in [0.05, 0.1) is 6.73 Å². The van der Waals surface area contributed by atoms with E-state index in [4.69, 9.17) is 5.11 Å². The van der Waals surface area contributed by atoms with Crippen molar-refractivity contribution in [2.75, 3.05) is 6.73 Å². The largest absolute Gasteiger partial charge is 0.381 e. The first-order valence-corrected chi connectivity index (χ1v) is 2.31. The summed E-state index contributed by atoms with van der Waals surface area (Å²) in [7, 11) is 0. The van der Waals surface area contributed by atoms with Crippen molar-refractivity contribution in [3.8, 4) is 0 Å². The lowest BCUT2D eigenvalue weighted by Gasteiger charge is -1.99. The quantitative estimate of drug-likeness (QED) is 0.337. The van der Waals surface area contributed by atoms with Gasteiger partial charge in [-0.25, -0.2) is 0 Å². The lowest BCUT2D eigenvalue weighted by Crippen LogP contribution is -2.20. The summed E-state index contributed by atoms with van der Waals surface area (Å²) in [5.41, 5.74) is 0. The Labute approximate surface area is 43.0 Å². The number of thiol groups is 1. The van der Waals surface area contributed by atoms with Crippen LogP contribution in [0.4, 0.5) is 0 Å². The standard InChI is InChI=1S/C3H9NOS/c1-3(6)4-2-5/h3-6H,2H2,1H3. The van der Waals surface area contributed by atoms with Crippen molar-refractivity contribution in [1.29, 1.82) is 0 Å². The van der Waals surface area contributed by atoms with E-state index in [0.717, 1.165) is 0 Å². The van der Waals surface area contributed by atoms with Crippen LogP contribution in [0.5, 0.6) is 0 Å². The van der Waals surface area contributed by atoms with Crippen molar-refractivity contribution in [2.45, 2.75) is 12.3 Å². The summed E-state index contributed by atoms with van der Waals surface area (Å²) in [5, 5.41) is 10.8. The fourth-order valence-electron chi connectivity index (χ4n) is 0.132. The van der Waals surface area contributed by atoms with E-state index in [9.17, 15) is 0 Å². The van der Waals surface area contributed by atoms with Crippen molar-refractivity contribution in [2.24, 2.45) is 0 Å². The van der Waals surface area contributed by atoms with Gasteiger partial charge in [-0.3, -0.25) is 5.32 Å². The second kappa shape index (κ2) is 3.46. The second-order valence-electron chi connectivity index (χ2n) is 1.04. The molecule has 6 heavy (non-hydrogen) atoms. The van der Waals surface area contributed by atoms with Gasteiger partial charge >= 0.3 is 0 Å². The molecule has 38 valence electrons. The molecular formula is C3H9NOS. The normalized spacial score (nSPS) is 14.5. The van der Waals surface area contributed by atoms with Crippen molar-refractivity contribution < 1.29 is 5.11 Å². The summed E-state index contributed by atoms with van der Waals surface area (Å²) in [6, 6.07) is 0. The monoisotopic (exact) mass is 107 g/mol. The Kier molecular flexibility index (Phi) is 3.62. The Bertz CT molecular complexity index is 32.0. The van der Waals surface area contributed by atoms with Crippen LogP contribution in [-0.4, -0.2) is 17.2 Å². The fraction of sp³-hybridized carbons (Fsp3) is 1.00. The number of aliphatic hydroxyl groups excluding tert-OH is 1. The van der Waals surface area contributed by atoms with Crippen LogP contribution in [0.15, 0.2) is 0 Å². The molecule has 0 aromatic rings. The SMILES string of the molecule is CC(S)NCO. The van der Waals surface area contributed by atoms with Gasteiger partial charge in [0.25, 0.3) is 0 Å². The molecule has 0 saturated heterocycles. The van der Waals surface area contributed by atoms with E-state index >= 15 is 0 Å². The molecule has 0 aliphatic carbocycles. The van der Waals surface area contributed by atoms with Crippen LogP contribution >= 0.6 is 12.6 Å². The van der Waals surface area contributed by atoms with Crippen LogP contribution in [0, 0.1) is 0 Å². The maximum atomic E-state index is 8.08. The van der Waals surface area contributed by atoms with Gasteiger partial charge in [-0.2, -0.15) is 12.6 Å². The predicted molar refractivity (Wildman–Crippen MR) is 28.7 cm³/mol. The summed E-state index contributed by atoms with van der Waals surface area (Å²) in [6.07, 6.45) is 0. The minimum Gasteiger partial charge on any atom is -0.381 e. The van der Waals surface area contributed by atoms with Crippen molar-refractivity contribution >= 4 is 12.6 Å². The smallest absolute Gasteiger partial charge is 0.0939 e. The Morgan fingerprint density at radius 1 is 2.00 bits per heavy atom. The molecule has 0 bridgehead atoms. The average Bonchev–Trinajstić information content (AvgIpc) is 1.35. The van der Waals surface area contributed by atoms with E-state index < -0.39 is 0 Å². The van der Waals surface area contributed by atoms with Gasteiger partial charge in [0.15, 0.2) is 0 Å². The first-order valence-electron chi connectivity index (χ1n) is 1.79. The Morgan fingerprint density at radius 2 is 2.50 bits per heavy atom. The first-order chi connectivity index (χ1) is 2.77. The minimum atomic E-state index is 0.00463. The molecule has 0 spiro atoms. The van der Waals surface area contributed by atoms with Crippen molar-refractivity contribution in [1.82, 2.24) is 5.32 Å². The Hall–Kier alpha value is 0.270. The fourth-order valence-corrected chi connectivity index (χ4v) is 0.214. The number of rotatable bonds is 2. The Morgan fingerprint density at radius 3 is 2.50 bits per heavy atom. The van der Waals surface area contributed by atoms with Gasteiger partial charge in [0.2, 0.25) is 0 Å². The van der Waals surface area contributed by atoms with Gasteiger partial charge < -0.3 is 5.11 Å². The van der Waals surface area contributed by atoms with Gasteiger partial charge in [0, 0.05) is 5.37 Å². The predicted octanol–water partition coefficient (Wildman–Crippen LogP) is -0.198. The summed E-state index contributed by atoms with van der Waals surface area (Å²) in [5.74, 6) is 0. The van der Waals surface area contributed by atoms with E-state index in [-0.39, 0.29) is 12.1 Å². The zero-order valence-corrected chi connectivity index (χ0v) is 4.57. The topological polar surface area (TPSA) is 32.3 Å². The van der Waals surface area contributed by atoms with E-state index in [1.165, 1.54) is 0 Å². The molecule has 0 heterocycles. The number of hydrogen-bond acceptors (Lipinski definition) is 3. The average molecular weight is 107 g/mol. The van der Waals surface area contributed by atoms with Crippen LogP contribution in [0.3, 0.4) is 0 Å². The molecule has 0 saturated carbocycles. The van der Waals surface area contributed by atoms with Gasteiger partial charge in [0.1, 0.15) is 0 Å². The highest BCUT2D eigenvalue weighted by atomic mass is 32.1. The van der Waals surface area contributed by atoms with E-state index in [1.54, 1.807) is 0 Å². The first kappa shape index (κ1) is 6.27. The van der Waals surface area contributed by atoms with E-state index in [0.29, 0.717) is 0 Å². The maximum Gasteiger partial charge on any atom is 0.0939 e. The highest BCUT2D eigenvalue weighted by Gasteiger charge is 1.83. The molecule has 2 nitrogen and oxygen atoms in total. The molecule has 0 aromatic carbocycles. The zero-order valence-electron chi connectivity index (χ0n) is 3.68. The third-order valence-corrected chi connectivity index (χ3v) is 0.569. The Balaban J connectivity index is 2.63. The van der Waals surface area contributed by atoms with Gasteiger partial charge in [-0.05, 0) is 6.92 Å². The number of nitrogens with one attached hydrogen (secondary N) is 1. The summed E-state index contributed by atoms with van der Waals surface area (Å²) >= 11 is 3.91. The molecule has 0 fully saturated rings. The highest BCUT2D eigenvalue weighted by molar-refractivity contribution is 7.80. The molecule has 0 aliphatic heterocycles. The molecule has 0 aliphatic rings. The number of hydrogen-bond donors (Lipinski definition) is 3. The molecule has 1 atom stereocenters. The van der Waals surface area contributed by atoms with Gasteiger partial charge in [-0.15, -0.1) is 0 Å². The molecule has 2 N–H and O–H groups in total. The molecular weight excluding hydrogens is 98.1 g/mol. The van der Waals surface area contributed by atoms with Crippen LogP contribution < -0.4 is 5.32 Å². The maximum absolute atomic E-state index is 8.08. The molecule has 0 amide bonds.